The molecule has 4 aromatic rings. The molecule has 0 radical (unpaired) electrons. The number of fused-ring (bicyclic) bond motifs is 3. The molecular formula is C17H12N6OS. The summed E-state index contributed by atoms with van der Waals surface area (Å²) in [6.07, 6.45) is 0. The van der Waals surface area contributed by atoms with E-state index in [-0.39, 0.29) is 0 Å². The van der Waals surface area contributed by atoms with Gasteiger partial charge in [-0.2, -0.15) is 0 Å². The molecule has 0 atom stereocenters. The van der Waals surface area contributed by atoms with Crippen molar-refractivity contribution in [1.82, 2.24) is 24.8 Å². The van der Waals surface area contributed by atoms with Gasteiger partial charge in [-0.15, -0.1) is 10.2 Å². The highest BCUT2D eigenvalue weighted by atomic mass is 32.2. The average molecular weight is 348 g/mol. The molecule has 1 aliphatic rings. The standard InChI is InChI=1S/C17H12N6OS/c1-24-13-9-5-2-6-10(13)15-20-21-17-23(15)22-14-16(25-17)19-12-8-4-3-7-11(12)18-14/h2-9H,1H3,(H,18,22). The predicted molar refractivity (Wildman–Crippen MR) is 94.7 cm³/mol. The third kappa shape index (κ3) is 2.22. The van der Waals surface area contributed by atoms with Gasteiger partial charge in [0.15, 0.2) is 11.6 Å². The molecule has 0 aliphatic carbocycles. The summed E-state index contributed by atoms with van der Waals surface area (Å²) in [6, 6.07) is 15.5. The van der Waals surface area contributed by atoms with E-state index in [4.69, 9.17) is 4.74 Å². The predicted octanol–water partition coefficient (Wildman–Crippen LogP) is 3.24. The number of benzene rings is 2. The highest BCUT2D eigenvalue weighted by Gasteiger charge is 2.25. The van der Waals surface area contributed by atoms with Gasteiger partial charge in [-0.3, -0.25) is 5.43 Å². The Bertz CT molecular complexity index is 1110. The maximum atomic E-state index is 5.44. The quantitative estimate of drug-likeness (QED) is 0.525. The van der Waals surface area contributed by atoms with Gasteiger partial charge < -0.3 is 4.74 Å². The van der Waals surface area contributed by atoms with Gasteiger partial charge in [-0.25, -0.2) is 14.6 Å². The summed E-state index contributed by atoms with van der Waals surface area (Å²) in [5.74, 6) is 2.09. The summed E-state index contributed by atoms with van der Waals surface area (Å²) in [6.45, 7) is 0. The van der Waals surface area contributed by atoms with Crippen molar-refractivity contribution in [1.29, 1.82) is 0 Å². The number of ether oxygens (including phenoxy) is 1. The number of nitrogens with one attached hydrogen (secondary N) is 1. The molecule has 0 unspecified atom stereocenters. The van der Waals surface area contributed by atoms with Crippen molar-refractivity contribution in [3.8, 4) is 17.1 Å². The van der Waals surface area contributed by atoms with E-state index in [1.165, 1.54) is 11.8 Å². The summed E-state index contributed by atoms with van der Waals surface area (Å²) < 4.78 is 7.26. The van der Waals surface area contributed by atoms with Crippen LogP contribution in [0.2, 0.25) is 0 Å². The van der Waals surface area contributed by atoms with Crippen LogP contribution in [-0.4, -0.2) is 32.0 Å². The molecule has 0 saturated carbocycles. The van der Waals surface area contributed by atoms with Crippen LogP contribution >= 0.6 is 11.8 Å². The lowest BCUT2D eigenvalue weighted by Crippen LogP contribution is -2.18. The zero-order chi connectivity index (χ0) is 16.8. The fourth-order valence-electron chi connectivity index (χ4n) is 2.76. The van der Waals surface area contributed by atoms with Crippen LogP contribution in [0.15, 0.2) is 58.7 Å². The van der Waals surface area contributed by atoms with Crippen LogP contribution in [0.4, 0.5) is 5.82 Å². The molecule has 0 saturated heterocycles. The number of anilines is 1. The van der Waals surface area contributed by atoms with Gasteiger partial charge in [0.1, 0.15) is 10.8 Å². The SMILES string of the molecule is COc1ccccc1-c1nnc2n1Nc1nc3ccccc3nc1S2. The van der Waals surface area contributed by atoms with Gasteiger partial charge >= 0.3 is 0 Å². The van der Waals surface area contributed by atoms with Gasteiger partial charge in [0, 0.05) is 0 Å². The number of rotatable bonds is 2. The lowest BCUT2D eigenvalue weighted by atomic mass is 10.2. The molecule has 0 bridgehead atoms. The summed E-state index contributed by atoms with van der Waals surface area (Å²) in [5.41, 5.74) is 5.82. The number of aromatic nitrogens is 5. The van der Waals surface area contributed by atoms with Crippen molar-refractivity contribution in [2.75, 3.05) is 12.5 Å². The van der Waals surface area contributed by atoms with Crippen LogP contribution < -0.4 is 10.2 Å². The van der Waals surface area contributed by atoms with Crippen molar-refractivity contribution in [2.45, 2.75) is 10.2 Å². The lowest BCUT2D eigenvalue weighted by Gasteiger charge is -2.19. The molecule has 7 nitrogen and oxygen atoms in total. The summed E-state index contributed by atoms with van der Waals surface area (Å²) >= 11 is 1.44. The zero-order valence-corrected chi connectivity index (χ0v) is 14.0. The molecule has 0 spiro atoms. The Morgan fingerprint density at radius 3 is 2.56 bits per heavy atom. The highest BCUT2D eigenvalue weighted by molar-refractivity contribution is 7.99. The second kappa shape index (κ2) is 5.45. The summed E-state index contributed by atoms with van der Waals surface area (Å²) in [5, 5.41) is 10.1. The largest absolute Gasteiger partial charge is 0.496 e. The van der Waals surface area contributed by atoms with E-state index in [9.17, 15) is 0 Å². The Hall–Kier alpha value is -3.13. The molecule has 0 fully saturated rings. The molecule has 3 heterocycles. The van der Waals surface area contributed by atoms with Crippen LogP contribution in [0.3, 0.4) is 0 Å². The lowest BCUT2D eigenvalue weighted by molar-refractivity contribution is 0.416. The molecule has 1 aliphatic heterocycles. The molecule has 5 rings (SSSR count). The minimum atomic E-state index is 0.667. The van der Waals surface area contributed by atoms with Crippen molar-refractivity contribution >= 4 is 28.6 Å². The number of nitrogens with zero attached hydrogens (tertiary/aromatic N) is 5. The Morgan fingerprint density at radius 1 is 0.960 bits per heavy atom. The Kier molecular flexibility index (Phi) is 3.10. The van der Waals surface area contributed by atoms with E-state index < -0.39 is 0 Å². The third-order valence-corrected chi connectivity index (χ3v) is 4.85. The third-order valence-electron chi connectivity index (χ3n) is 3.93. The molecule has 1 N–H and O–H groups in total. The Labute approximate surface area is 147 Å². The second-order valence-corrected chi connectivity index (χ2v) is 6.38. The Balaban J connectivity index is 1.64. The number of para-hydroxylation sites is 3. The van der Waals surface area contributed by atoms with E-state index in [1.54, 1.807) is 7.11 Å². The van der Waals surface area contributed by atoms with Crippen molar-refractivity contribution in [3.63, 3.8) is 0 Å². The molecule has 122 valence electrons. The van der Waals surface area contributed by atoms with Crippen LogP contribution in [0, 0.1) is 0 Å². The molecule has 0 amide bonds. The first-order valence-electron chi connectivity index (χ1n) is 7.64. The Morgan fingerprint density at radius 2 is 1.72 bits per heavy atom. The van der Waals surface area contributed by atoms with Crippen molar-refractivity contribution in [2.24, 2.45) is 0 Å². The van der Waals surface area contributed by atoms with E-state index in [0.717, 1.165) is 27.4 Å². The molecule has 25 heavy (non-hydrogen) atoms. The minimum absolute atomic E-state index is 0.667. The molecular weight excluding hydrogens is 336 g/mol. The monoisotopic (exact) mass is 348 g/mol. The first-order valence-corrected chi connectivity index (χ1v) is 8.45. The maximum absolute atomic E-state index is 5.44. The minimum Gasteiger partial charge on any atom is -0.496 e. The van der Waals surface area contributed by atoms with E-state index in [0.29, 0.717) is 16.8 Å². The first-order chi connectivity index (χ1) is 12.3. The second-order valence-electron chi connectivity index (χ2n) is 5.42. The van der Waals surface area contributed by atoms with Crippen molar-refractivity contribution < 1.29 is 4.74 Å². The topological polar surface area (TPSA) is 77.8 Å². The first kappa shape index (κ1) is 14.2. The number of methoxy groups -OCH3 is 1. The molecule has 8 heteroatoms. The van der Waals surface area contributed by atoms with Crippen LogP contribution in [0.5, 0.6) is 5.75 Å². The number of hydrogen-bond acceptors (Lipinski definition) is 7. The van der Waals surface area contributed by atoms with E-state index in [2.05, 4.69) is 25.6 Å². The normalized spacial score (nSPS) is 12.4. The summed E-state index contributed by atoms with van der Waals surface area (Å²) in [7, 11) is 1.64. The average Bonchev–Trinajstić information content (AvgIpc) is 3.06. The van der Waals surface area contributed by atoms with Gasteiger partial charge in [0.05, 0.1) is 23.7 Å². The fraction of sp³-hybridized carbons (Fsp3) is 0.0588. The van der Waals surface area contributed by atoms with Gasteiger partial charge in [0.25, 0.3) is 0 Å². The fourth-order valence-corrected chi connectivity index (χ4v) is 3.57. The van der Waals surface area contributed by atoms with Crippen molar-refractivity contribution in [3.05, 3.63) is 48.5 Å². The zero-order valence-electron chi connectivity index (χ0n) is 13.2. The van der Waals surface area contributed by atoms with Crippen LogP contribution in [0.1, 0.15) is 0 Å². The van der Waals surface area contributed by atoms with E-state index in [1.807, 2.05) is 53.2 Å². The van der Waals surface area contributed by atoms with Gasteiger partial charge in [-0.05, 0) is 36.0 Å². The smallest absolute Gasteiger partial charge is 0.217 e. The van der Waals surface area contributed by atoms with Gasteiger partial charge in [0.2, 0.25) is 5.16 Å². The maximum Gasteiger partial charge on any atom is 0.217 e. The van der Waals surface area contributed by atoms with E-state index >= 15 is 0 Å². The highest BCUT2D eigenvalue weighted by Crippen LogP contribution is 2.38. The number of hydrogen-bond donors (Lipinski definition) is 1. The van der Waals surface area contributed by atoms with Crippen LogP contribution in [0.25, 0.3) is 22.4 Å². The molecule has 2 aromatic heterocycles. The van der Waals surface area contributed by atoms with Gasteiger partial charge in [-0.1, -0.05) is 24.3 Å². The molecule has 2 aromatic carbocycles. The summed E-state index contributed by atoms with van der Waals surface area (Å²) in [4.78, 5) is 9.33. The van der Waals surface area contributed by atoms with Crippen LogP contribution in [-0.2, 0) is 0 Å².